The summed E-state index contributed by atoms with van der Waals surface area (Å²) in [5.74, 6) is 0.748. The molecule has 122 valence electrons. The van der Waals surface area contributed by atoms with Gasteiger partial charge in [0.15, 0.2) is 11.2 Å². The molecule has 0 aliphatic rings. The Morgan fingerprint density at radius 3 is 2.45 bits per heavy atom. The molecular formula is C15H25N5O2. The van der Waals surface area contributed by atoms with Gasteiger partial charge >= 0.3 is 5.69 Å². The van der Waals surface area contributed by atoms with Crippen LogP contribution < -0.4 is 17.0 Å². The average Bonchev–Trinajstić information content (AvgIpc) is 2.83. The van der Waals surface area contributed by atoms with Crippen LogP contribution in [0.3, 0.4) is 0 Å². The van der Waals surface area contributed by atoms with E-state index in [1.807, 2.05) is 18.4 Å². The lowest BCUT2D eigenvalue weighted by Crippen LogP contribution is -2.44. The van der Waals surface area contributed by atoms with Crippen LogP contribution in [0.25, 0.3) is 11.2 Å². The molecule has 0 aliphatic carbocycles. The van der Waals surface area contributed by atoms with Gasteiger partial charge in [-0.25, -0.2) is 9.78 Å². The van der Waals surface area contributed by atoms with E-state index in [-0.39, 0.29) is 23.8 Å². The summed E-state index contributed by atoms with van der Waals surface area (Å²) in [6.07, 6.45) is 1.83. The van der Waals surface area contributed by atoms with Crippen LogP contribution >= 0.6 is 0 Å². The van der Waals surface area contributed by atoms with Gasteiger partial charge in [-0.15, -0.1) is 0 Å². The van der Waals surface area contributed by atoms with Gasteiger partial charge in [-0.1, -0.05) is 13.3 Å². The van der Waals surface area contributed by atoms with E-state index in [0.29, 0.717) is 24.3 Å². The molecule has 0 amide bonds. The van der Waals surface area contributed by atoms with Crippen LogP contribution in [0, 0.1) is 6.92 Å². The Morgan fingerprint density at radius 2 is 1.91 bits per heavy atom. The van der Waals surface area contributed by atoms with E-state index in [1.165, 1.54) is 4.57 Å². The van der Waals surface area contributed by atoms with Crippen LogP contribution in [0.15, 0.2) is 9.59 Å². The van der Waals surface area contributed by atoms with Crippen LogP contribution in [0.5, 0.6) is 0 Å². The van der Waals surface area contributed by atoms with Crippen molar-refractivity contribution in [1.82, 2.24) is 18.7 Å². The molecule has 22 heavy (non-hydrogen) atoms. The van der Waals surface area contributed by atoms with Gasteiger partial charge in [0, 0.05) is 19.6 Å². The molecule has 0 saturated heterocycles. The molecule has 7 nitrogen and oxygen atoms in total. The normalized spacial score (nSPS) is 13.0. The van der Waals surface area contributed by atoms with Crippen LogP contribution in [0.4, 0.5) is 0 Å². The number of nitrogens with zero attached hydrogens (tertiary/aromatic N) is 4. The fraction of sp³-hybridized carbons (Fsp3) is 0.667. The lowest BCUT2D eigenvalue weighted by Gasteiger charge is -2.16. The first-order chi connectivity index (χ1) is 10.5. The van der Waals surface area contributed by atoms with E-state index >= 15 is 0 Å². The van der Waals surface area contributed by atoms with Crippen molar-refractivity contribution in [1.29, 1.82) is 0 Å². The highest BCUT2D eigenvalue weighted by molar-refractivity contribution is 5.71. The van der Waals surface area contributed by atoms with Crippen LogP contribution in [0.2, 0.25) is 0 Å². The second-order valence-electron chi connectivity index (χ2n) is 5.62. The molecule has 0 fully saturated rings. The third-order valence-corrected chi connectivity index (χ3v) is 4.09. The number of hydrogen-bond acceptors (Lipinski definition) is 4. The molecule has 1 atom stereocenters. The van der Waals surface area contributed by atoms with Crippen LogP contribution in [0.1, 0.15) is 45.5 Å². The summed E-state index contributed by atoms with van der Waals surface area (Å²) in [5, 5.41) is 0. The minimum absolute atomic E-state index is 0.244. The Labute approximate surface area is 129 Å². The maximum absolute atomic E-state index is 12.8. The van der Waals surface area contributed by atoms with Crippen molar-refractivity contribution in [2.45, 2.75) is 59.7 Å². The number of fused-ring (bicyclic) bond motifs is 1. The molecule has 0 spiro atoms. The van der Waals surface area contributed by atoms with Crippen LogP contribution in [-0.4, -0.2) is 25.2 Å². The summed E-state index contributed by atoms with van der Waals surface area (Å²) >= 11 is 0. The minimum Gasteiger partial charge on any atom is -0.328 e. The number of imidazole rings is 1. The largest absolute Gasteiger partial charge is 0.333 e. The van der Waals surface area contributed by atoms with E-state index < -0.39 is 0 Å². The van der Waals surface area contributed by atoms with Crippen molar-refractivity contribution in [2.24, 2.45) is 5.73 Å². The van der Waals surface area contributed by atoms with E-state index in [2.05, 4.69) is 11.9 Å². The van der Waals surface area contributed by atoms with Gasteiger partial charge in [-0.05, 0) is 27.2 Å². The smallest absolute Gasteiger partial charge is 0.328 e. The standard InChI is InChI=1S/C15H25N5O2/c1-5-7-8-19-13-12(18(6-2)11(4)17-13)14(21)20(15(19)22)10(3)9-16/h10H,5-9,16H2,1-4H3. The van der Waals surface area contributed by atoms with E-state index in [9.17, 15) is 9.59 Å². The van der Waals surface area contributed by atoms with Gasteiger partial charge in [-0.2, -0.15) is 0 Å². The summed E-state index contributed by atoms with van der Waals surface area (Å²) in [4.78, 5) is 30.0. The predicted molar refractivity (Wildman–Crippen MR) is 87.3 cm³/mol. The van der Waals surface area contributed by atoms with E-state index in [4.69, 9.17) is 5.73 Å². The molecule has 0 aliphatic heterocycles. The molecule has 0 bridgehead atoms. The van der Waals surface area contributed by atoms with E-state index in [1.54, 1.807) is 11.5 Å². The zero-order valence-electron chi connectivity index (χ0n) is 13.8. The first-order valence-corrected chi connectivity index (χ1v) is 7.90. The summed E-state index contributed by atoms with van der Waals surface area (Å²) in [7, 11) is 0. The fourth-order valence-electron chi connectivity index (χ4n) is 2.77. The summed E-state index contributed by atoms with van der Waals surface area (Å²) in [6, 6.07) is -0.335. The highest BCUT2D eigenvalue weighted by atomic mass is 16.2. The highest BCUT2D eigenvalue weighted by Gasteiger charge is 2.21. The van der Waals surface area contributed by atoms with Crippen molar-refractivity contribution >= 4 is 11.2 Å². The number of unbranched alkanes of at least 4 members (excludes halogenated alkanes) is 1. The predicted octanol–water partition coefficient (Wildman–Crippen LogP) is 1.01. The number of hydrogen-bond donors (Lipinski definition) is 1. The third kappa shape index (κ3) is 2.49. The summed E-state index contributed by atoms with van der Waals surface area (Å²) < 4.78 is 4.75. The Morgan fingerprint density at radius 1 is 1.23 bits per heavy atom. The van der Waals surface area contributed by atoms with E-state index in [0.717, 1.165) is 18.7 Å². The van der Waals surface area contributed by atoms with Gasteiger partial charge in [0.05, 0.1) is 6.04 Å². The van der Waals surface area contributed by atoms with Crippen molar-refractivity contribution < 1.29 is 0 Å². The highest BCUT2D eigenvalue weighted by Crippen LogP contribution is 2.12. The quantitative estimate of drug-likeness (QED) is 0.862. The molecule has 2 aromatic heterocycles. The monoisotopic (exact) mass is 307 g/mol. The Bertz CT molecular complexity index is 784. The van der Waals surface area contributed by atoms with Gasteiger partial charge < -0.3 is 10.3 Å². The van der Waals surface area contributed by atoms with Crippen molar-refractivity contribution in [2.75, 3.05) is 6.54 Å². The molecule has 2 heterocycles. The Kier molecular flexibility index (Phi) is 4.85. The topological polar surface area (TPSA) is 87.8 Å². The summed E-state index contributed by atoms with van der Waals surface area (Å²) in [6.45, 7) is 9.12. The van der Waals surface area contributed by atoms with Crippen molar-refractivity contribution in [3.05, 3.63) is 26.7 Å². The first kappa shape index (κ1) is 16.5. The SMILES string of the molecule is CCCCn1c(=O)n(C(C)CN)c(=O)c2c1nc(C)n2CC. The lowest BCUT2D eigenvalue weighted by molar-refractivity contribution is 0.481. The molecular weight excluding hydrogens is 282 g/mol. The number of aromatic nitrogens is 4. The molecule has 0 saturated carbocycles. The molecule has 0 aromatic carbocycles. The maximum Gasteiger partial charge on any atom is 0.333 e. The van der Waals surface area contributed by atoms with Gasteiger partial charge in [0.2, 0.25) is 0 Å². The lowest BCUT2D eigenvalue weighted by atomic mass is 10.3. The first-order valence-electron chi connectivity index (χ1n) is 7.90. The second kappa shape index (κ2) is 6.48. The van der Waals surface area contributed by atoms with Crippen LogP contribution in [-0.2, 0) is 13.1 Å². The molecule has 2 rings (SSSR count). The fourth-order valence-corrected chi connectivity index (χ4v) is 2.77. The number of aryl methyl sites for hydroxylation is 3. The van der Waals surface area contributed by atoms with Crippen molar-refractivity contribution in [3.63, 3.8) is 0 Å². The zero-order valence-corrected chi connectivity index (χ0v) is 13.8. The third-order valence-electron chi connectivity index (χ3n) is 4.09. The van der Waals surface area contributed by atoms with Gasteiger partial charge in [0.1, 0.15) is 5.82 Å². The minimum atomic E-state index is -0.335. The molecule has 2 aromatic rings. The molecule has 2 N–H and O–H groups in total. The molecule has 0 radical (unpaired) electrons. The number of rotatable bonds is 6. The Balaban J connectivity index is 2.91. The molecule has 1 unspecified atom stereocenters. The molecule has 7 heteroatoms. The van der Waals surface area contributed by atoms with Gasteiger partial charge in [-0.3, -0.25) is 13.9 Å². The Hall–Kier alpha value is -1.89. The zero-order chi connectivity index (χ0) is 16.4. The maximum atomic E-state index is 12.8. The van der Waals surface area contributed by atoms with Gasteiger partial charge in [0.25, 0.3) is 5.56 Å². The van der Waals surface area contributed by atoms with Crippen molar-refractivity contribution in [3.8, 4) is 0 Å². The summed E-state index contributed by atoms with van der Waals surface area (Å²) in [5.41, 5.74) is 6.05. The second-order valence-corrected chi connectivity index (χ2v) is 5.62. The average molecular weight is 307 g/mol. The number of nitrogens with two attached hydrogens (primary N) is 1.